The normalized spacial score (nSPS) is 21.9. The van der Waals surface area contributed by atoms with Crippen LogP contribution >= 0.6 is 0 Å². The van der Waals surface area contributed by atoms with E-state index in [1.807, 2.05) is 43.4 Å². The van der Waals surface area contributed by atoms with Gasteiger partial charge >= 0.3 is 5.97 Å². The number of unbranched alkanes of at least 4 members (excludes halogenated alkanes) is 5. The number of carboxylic acid groups (broad SMARTS) is 1. The average molecular weight is 872 g/mol. The van der Waals surface area contributed by atoms with Crippen LogP contribution in [-0.2, 0) is 35.9 Å². The van der Waals surface area contributed by atoms with Crippen LogP contribution < -0.4 is 4.90 Å². The Morgan fingerprint density at radius 3 is 2.28 bits per heavy atom. The molecule has 3 aliphatic rings. The monoisotopic (exact) mass is 871 g/mol. The summed E-state index contributed by atoms with van der Waals surface area (Å²) in [7, 11) is -8.69. The standard InChI is InChI=1S/C49H62N2O8S2/c1-4-5-18-33-48(2)41-26-16-17-27-43(41)51(36-22-25-39-23-11-7-6-8-12-24-39)45(48)28-13-9-14-29-46-49(3,34-19-21-37-60(54,55)56)42-38-40(61(57,58)59)31-32-44(42)50(46)35-20-10-15-30-47(52)53/h6-9,11-14,16-17,23-24,26-29,31-32,38H,4-5,10,15,18-22,25,30,33-37H2,1-3H3,(H2-,52,53,54,55,56,57,58,59)/p+1/b7-6-,8-6?,11-7?,12-8-,23-11?,24-12?,39-23?,39-24?. The predicted octanol–water partition coefficient (Wildman–Crippen LogP) is 10.7. The van der Waals surface area contributed by atoms with Crippen molar-refractivity contribution in [3.8, 4) is 0 Å². The van der Waals surface area contributed by atoms with Gasteiger partial charge in [-0.2, -0.15) is 21.4 Å². The first-order valence-electron chi connectivity index (χ1n) is 21.7. The third-order valence-corrected chi connectivity index (χ3v) is 13.8. The van der Waals surface area contributed by atoms with Gasteiger partial charge in [-0.15, -0.1) is 0 Å². The minimum absolute atomic E-state index is 0.0710. The Hall–Kier alpha value is -4.62. The number of hydrogen-bond acceptors (Lipinski definition) is 6. The van der Waals surface area contributed by atoms with Crippen LogP contribution in [-0.4, -0.2) is 66.1 Å². The lowest BCUT2D eigenvalue weighted by molar-refractivity contribution is -0.438. The Morgan fingerprint density at radius 2 is 1.52 bits per heavy atom. The van der Waals surface area contributed by atoms with Gasteiger partial charge in [-0.1, -0.05) is 118 Å². The van der Waals surface area contributed by atoms with Crippen molar-refractivity contribution >= 4 is 43.3 Å². The zero-order valence-corrected chi connectivity index (χ0v) is 37.5. The second-order valence-corrected chi connectivity index (χ2v) is 19.7. The van der Waals surface area contributed by atoms with E-state index in [1.165, 1.54) is 34.7 Å². The van der Waals surface area contributed by atoms with Crippen molar-refractivity contribution in [1.82, 2.24) is 0 Å². The van der Waals surface area contributed by atoms with Gasteiger partial charge in [0.05, 0.1) is 16.1 Å². The Kier molecular flexibility index (Phi) is 16.7. The second-order valence-electron chi connectivity index (χ2n) is 16.7. The Labute approximate surface area is 363 Å². The third-order valence-electron chi connectivity index (χ3n) is 12.2. The van der Waals surface area contributed by atoms with Gasteiger partial charge in [0.1, 0.15) is 6.54 Å². The summed E-state index contributed by atoms with van der Waals surface area (Å²) < 4.78 is 69.8. The smallest absolute Gasteiger partial charge is 0.303 e. The van der Waals surface area contributed by atoms with Crippen LogP contribution in [0.2, 0.25) is 0 Å². The van der Waals surface area contributed by atoms with Crippen LogP contribution in [0.3, 0.4) is 0 Å². The highest BCUT2D eigenvalue weighted by Crippen LogP contribution is 2.51. The molecule has 0 fully saturated rings. The molecule has 2 aromatic carbocycles. The molecule has 1 aliphatic carbocycles. The number of anilines is 1. The minimum atomic E-state index is -4.52. The lowest BCUT2D eigenvalue weighted by Gasteiger charge is -2.30. The number of benzene rings is 2. The number of rotatable bonds is 23. The first kappa shape index (κ1) is 47.4. The van der Waals surface area contributed by atoms with E-state index >= 15 is 0 Å². The van der Waals surface area contributed by atoms with Crippen molar-refractivity contribution in [3.63, 3.8) is 0 Å². The number of nitrogens with zero attached hydrogens (tertiary/aromatic N) is 2. The molecule has 0 amide bonds. The summed E-state index contributed by atoms with van der Waals surface area (Å²) in [6.45, 7) is 7.98. The van der Waals surface area contributed by atoms with E-state index in [0.717, 1.165) is 56.5 Å². The minimum Gasteiger partial charge on any atom is -0.481 e. The fraction of sp³-hybridized carbons (Fsp3) is 0.429. The summed E-state index contributed by atoms with van der Waals surface area (Å²) >= 11 is 0. The molecule has 10 nitrogen and oxygen atoms in total. The molecule has 2 heterocycles. The molecule has 3 N–H and O–H groups in total. The van der Waals surface area contributed by atoms with Crippen LogP contribution in [0.25, 0.3) is 0 Å². The van der Waals surface area contributed by atoms with E-state index in [4.69, 9.17) is 0 Å². The van der Waals surface area contributed by atoms with Crippen molar-refractivity contribution < 1.29 is 40.4 Å². The summed E-state index contributed by atoms with van der Waals surface area (Å²) in [5.41, 5.74) is 6.49. The largest absolute Gasteiger partial charge is 0.481 e. The molecule has 0 radical (unpaired) electrons. The van der Waals surface area contributed by atoms with Crippen LogP contribution in [0.1, 0.15) is 115 Å². The van der Waals surface area contributed by atoms with Crippen molar-refractivity contribution in [1.29, 1.82) is 0 Å². The number of carboxylic acids is 1. The first-order valence-corrected chi connectivity index (χ1v) is 24.7. The van der Waals surface area contributed by atoms with Crippen molar-refractivity contribution in [2.75, 3.05) is 23.7 Å². The van der Waals surface area contributed by atoms with Gasteiger partial charge in [-0.25, -0.2) is 0 Å². The average Bonchev–Trinajstić information content (AvgIpc) is 3.56. The van der Waals surface area contributed by atoms with Gasteiger partial charge in [0.2, 0.25) is 5.69 Å². The number of carbonyl (C=O) groups is 1. The number of allylic oxidation sites excluding steroid dienone is 14. The van der Waals surface area contributed by atoms with Crippen molar-refractivity contribution in [2.24, 2.45) is 0 Å². The van der Waals surface area contributed by atoms with Crippen LogP contribution in [0.4, 0.5) is 11.4 Å². The zero-order chi connectivity index (χ0) is 44.1. The Morgan fingerprint density at radius 1 is 0.787 bits per heavy atom. The molecule has 12 heteroatoms. The molecule has 0 saturated heterocycles. The third kappa shape index (κ3) is 12.5. The molecule has 5 rings (SSSR count). The second kappa shape index (κ2) is 21.4. The molecule has 0 bridgehead atoms. The summed E-state index contributed by atoms with van der Waals surface area (Å²) in [5, 5.41) is 9.19. The highest BCUT2D eigenvalue weighted by Gasteiger charge is 2.47. The van der Waals surface area contributed by atoms with Crippen molar-refractivity contribution in [3.05, 3.63) is 138 Å². The Bertz CT molecular complexity index is 2370. The van der Waals surface area contributed by atoms with Gasteiger partial charge in [-0.05, 0) is 87.8 Å². The molecule has 0 saturated carbocycles. The highest BCUT2D eigenvalue weighted by atomic mass is 32.2. The number of para-hydroxylation sites is 1. The molecule has 2 aliphatic heterocycles. The lowest BCUT2D eigenvalue weighted by Crippen LogP contribution is -2.31. The zero-order valence-electron chi connectivity index (χ0n) is 35.9. The maximum atomic E-state index is 12.3. The van der Waals surface area contributed by atoms with Gasteiger partial charge in [0, 0.05) is 53.9 Å². The fourth-order valence-corrected chi connectivity index (χ4v) is 10.1. The van der Waals surface area contributed by atoms with Gasteiger partial charge in [-0.3, -0.25) is 13.9 Å². The van der Waals surface area contributed by atoms with Gasteiger partial charge < -0.3 is 10.0 Å². The summed E-state index contributed by atoms with van der Waals surface area (Å²) in [6, 6.07) is 13.3. The molecule has 61 heavy (non-hydrogen) atoms. The van der Waals surface area contributed by atoms with Crippen LogP contribution in [0.15, 0.2) is 132 Å². The highest BCUT2D eigenvalue weighted by molar-refractivity contribution is 7.86. The van der Waals surface area contributed by atoms with Crippen LogP contribution in [0.5, 0.6) is 0 Å². The van der Waals surface area contributed by atoms with E-state index in [0.29, 0.717) is 44.2 Å². The summed E-state index contributed by atoms with van der Waals surface area (Å²) in [6.07, 6.45) is 34.3. The first-order chi connectivity index (χ1) is 29.1. The molecule has 2 atom stereocenters. The number of hydrogen-bond donors (Lipinski definition) is 3. The molecular weight excluding hydrogens is 809 g/mol. The van der Waals surface area contributed by atoms with Gasteiger partial charge in [0.15, 0.2) is 5.71 Å². The van der Waals surface area contributed by atoms with E-state index < -0.39 is 31.6 Å². The molecule has 2 aromatic rings. The van der Waals surface area contributed by atoms with E-state index in [-0.39, 0.29) is 28.9 Å². The fourth-order valence-electron chi connectivity index (χ4n) is 9.00. The Balaban J connectivity index is 1.51. The summed E-state index contributed by atoms with van der Waals surface area (Å²) in [5.74, 6) is -1.24. The quantitative estimate of drug-likeness (QED) is 0.0429. The number of fused-ring (bicyclic) bond motifs is 2. The topological polar surface area (TPSA) is 152 Å². The maximum absolute atomic E-state index is 12.3. The predicted molar refractivity (Wildman–Crippen MR) is 246 cm³/mol. The van der Waals surface area contributed by atoms with Crippen molar-refractivity contribution in [2.45, 2.75) is 120 Å². The summed E-state index contributed by atoms with van der Waals surface area (Å²) in [4.78, 5) is 13.1. The molecule has 0 spiro atoms. The molecular formula is C49H63N2O8S2+. The maximum Gasteiger partial charge on any atom is 0.303 e. The SMILES string of the molecule is CCCCCC1(C)C(/C=C/C=C/C=C2/N(CCCCCC(=O)O)c3ccc(S(=O)(=O)O)cc3C2(C)CCCCS(=O)(=O)O)=[N+](CCCC2=C/C=C\C=C/C=C2)c2ccccc21. The van der Waals surface area contributed by atoms with Gasteiger partial charge in [0.25, 0.3) is 20.2 Å². The molecule has 2 unspecified atom stereocenters. The van der Waals surface area contributed by atoms with E-state index in [9.17, 15) is 35.8 Å². The van der Waals surface area contributed by atoms with E-state index in [2.05, 4.69) is 84.0 Å². The lowest BCUT2D eigenvalue weighted by atomic mass is 9.75. The van der Waals surface area contributed by atoms with Crippen LogP contribution in [0, 0.1) is 0 Å². The van der Waals surface area contributed by atoms with E-state index in [1.54, 1.807) is 6.07 Å². The number of aliphatic carboxylic acids is 1. The molecule has 0 aromatic heterocycles. The molecule has 328 valence electrons.